The summed E-state index contributed by atoms with van der Waals surface area (Å²) >= 11 is 0. The van der Waals surface area contributed by atoms with Gasteiger partial charge in [0.15, 0.2) is 11.6 Å². The number of fused-ring (bicyclic) bond motifs is 2. The van der Waals surface area contributed by atoms with E-state index in [1.807, 2.05) is 118 Å². The third-order valence-corrected chi connectivity index (χ3v) is 12.2. The lowest BCUT2D eigenvalue weighted by molar-refractivity contribution is 0.220. The average Bonchev–Trinajstić information content (AvgIpc) is 4.15. The largest absolute Gasteiger partial charge is 0.479 e. The minimum absolute atomic E-state index is 0.0670. The summed E-state index contributed by atoms with van der Waals surface area (Å²) in [5.74, 6) is 3.99. The number of aromatic nitrogens is 12. The summed E-state index contributed by atoms with van der Waals surface area (Å²) in [6.07, 6.45) is 11.2. The molecule has 8 heterocycles. The van der Waals surface area contributed by atoms with E-state index in [-0.39, 0.29) is 11.8 Å². The normalized spacial score (nSPS) is 16.0. The molecule has 0 radical (unpaired) electrons. The Hall–Kier alpha value is -7.10. The summed E-state index contributed by atoms with van der Waals surface area (Å²) in [4.78, 5) is 27.7. The van der Waals surface area contributed by atoms with Crippen LogP contribution in [-0.4, -0.2) is 72.8 Å². The maximum absolute atomic E-state index is 14.6. The third kappa shape index (κ3) is 8.96. The number of aryl methyl sites for hydroxylation is 4. The predicted molar refractivity (Wildman–Crippen MR) is 247 cm³/mol. The summed E-state index contributed by atoms with van der Waals surface area (Å²) in [5.41, 5.74) is 5.42. The van der Waals surface area contributed by atoms with Crippen LogP contribution in [0.15, 0.2) is 97.8 Å². The highest BCUT2D eigenvalue weighted by atomic mass is 19.1. The first kappa shape index (κ1) is 44.1. The van der Waals surface area contributed by atoms with Crippen molar-refractivity contribution in [3.63, 3.8) is 0 Å². The van der Waals surface area contributed by atoms with Gasteiger partial charge in [-0.05, 0) is 114 Å². The molecule has 6 aromatic heterocycles. The predicted octanol–water partition coefficient (Wildman–Crippen LogP) is 9.95. The third-order valence-electron chi connectivity index (χ3n) is 12.2. The van der Waals surface area contributed by atoms with E-state index in [0.29, 0.717) is 45.9 Å². The number of benzene rings is 2. The van der Waals surface area contributed by atoms with E-state index in [1.54, 1.807) is 54.6 Å². The zero-order valence-electron chi connectivity index (χ0n) is 38.6. The van der Waals surface area contributed by atoms with Crippen molar-refractivity contribution in [1.82, 2.24) is 58.6 Å². The zero-order valence-corrected chi connectivity index (χ0v) is 38.6. The number of halogens is 2. The van der Waals surface area contributed by atoms with E-state index in [2.05, 4.69) is 19.9 Å². The van der Waals surface area contributed by atoms with Crippen LogP contribution < -0.4 is 9.47 Å². The van der Waals surface area contributed by atoms with Crippen molar-refractivity contribution < 1.29 is 18.3 Å². The minimum Gasteiger partial charge on any atom is -0.479 e. The summed E-state index contributed by atoms with van der Waals surface area (Å²) in [6.45, 7) is 11.8. The second kappa shape index (κ2) is 17.7. The summed E-state index contributed by atoms with van der Waals surface area (Å²) in [5, 5.41) is 9.49. The number of rotatable bonds is 10. The lowest BCUT2D eigenvalue weighted by Crippen LogP contribution is -2.18. The molecule has 340 valence electrons. The van der Waals surface area contributed by atoms with Crippen LogP contribution in [0, 0.1) is 13.8 Å². The lowest BCUT2D eigenvalue weighted by atomic mass is 9.88. The molecular formula is C50H54F2N12O2. The van der Waals surface area contributed by atoms with Gasteiger partial charge in [-0.3, -0.25) is 0 Å². The Morgan fingerprint density at radius 2 is 1.00 bits per heavy atom. The number of methoxy groups -OCH3 is 2. The van der Waals surface area contributed by atoms with E-state index < -0.39 is 11.3 Å². The smallest absolute Gasteiger partial charge is 0.238 e. The number of hydrogen-bond donors (Lipinski definition) is 0. The minimum atomic E-state index is -1.39. The van der Waals surface area contributed by atoms with Gasteiger partial charge in [0.25, 0.3) is 0 Å². The van der Waals surface area contributed by atoms with E-state index in [9.17, 15) is 8.78 Å². The Balaban J connectivity index is 0.000000166. The number of hydrogen-bond acceptors (Lipinski definition) is 10. The van der Waals surface area contributed by atoms with Crippen LogP contribution >= 0.6 is 0 Å². The molecule has 8 aromatic rings. The van der Waals surface area contributed by atoms with E-state index in [4.69, 9.17) is 29.6 Å². The van der Waals surface area contributed by atoms with E-state index >= 15 is 0 Å². The fourth-order valence-electron chi connectivity index (χ4n) is 8.72. The molecule has 0 fully saturated rings. The van der Waals surface area contributed by atoms with Crippen LogP contribution in [0.3, 0.4) is 0 Å². The average molecular weight is 893 g/mol. The SMILES string of the molecule is COc1nc(-c2nc3n(n2)CCC[C@@H]3c2cccc(C(C)(C)F)c2)ccc1-n1cnc(C)c1.COc1nc(-c2nc3n(n2)CCC[C@H]3c2cccc(C(C)(C)F)c2)ccc1-n1cnc(C)c1. The highest BCUT2D eigenvalue weighted by Gasteiger charge is 2.30. The standard InChI is InChI=1S/2C25H27FN6O/c2*1-16-14-31(15-27-16)21-11-10-20(28-24(21)33-4)22-29-23-19(9-6-12-32(23)30-22)17-7-5-8-18(13-17)25(2,3)26/h2*5,7-8,10-11,13-15,19H,6,9,12H2,1-4H3/t2*19-/m10/s1. The molecule has 0 saturated heterocycles. The van der Waals surface area contributed by atoms with Gasteiger partial charge in [0.1, 0.15) is 45.7 Å². The monoisotopic (exact) mass is 892 g/mol. The van der Waals surface area contributed by atoms with Crippen molar-refractivity contribution in [3.05, 3.63) is 143 Å². The fourth-order valence-corrected chi connectivity index (χ4v) is 8.72. The number of pyridine rings is 2. The van der Waals surface area contributed by atoms with Crippen molar-refractivity contribution in [2.75, 3.05) is 14.2 Å². The highest BCUT2D eigenvalue weighted by molar-refractivity contribution is 5.57. The number of alkyl halides is 2. The molecule has 0 amide bonds. The maximum atomic E-state index is 14.6. The molecule has 2 aliphatic rings. The van der Waals surface area contributed by atoms with Crippen molar-refractivity contribution in [1.29, 1.82) is 0 Å². The molecular weight excluding hydrogens is 839 g/mol. The van der Waals surface area contributed by atoms with Gasteiger partial charge >= 0.3 is 0 Å². The molecule has 14 nitrogen and oxygen atoms in total. The number of nitrogens with zero attached hydrogens (tertiary/aromatic N) is 12. The van der Waals surface area contributed by atoms with E-state index in [1.165, 1.54) is 0 Å². The molecule has 2 aromatic carbocycles. The Bertz CT molecular complexity index is 2810. The van der Waals surface area contributed by atoms with Crippen molar-refractivity contribution in [2.45, 2.75) is 103 Å². The lowest BCUT2D eigenvalue weighted by Gasteiger charge is -2.24. The molecule has 0 unspecified atom stereocenters. The Morgan fingerprint density at radius 1 is 0.576 bits per heavy atom. The first-order valence-electron chi connectivity index (χ1n) is 22.3. The van der Waals surface area contributed by atoms with Crippen LogP contribution in [0.1, 0.15) is 111 Å². The molecule has 10 rings (SSSR count). The molecule has 0 spiro atoms. The molecule has 2 aliphatic heterocycles. The van der Waals surface area contributed by atoms with Gasteiger partial charge in [0.2, 0.25) is 11.8 Å². The quantitative estimate of drug-likeness (QED) is 0.130. The molecule has 16 heteroatoms. The molecule has 66 heavy (non-hydrogen) atoms. The maximum Gasteiger partial charge on any atom is 0.238 e. The van der Waals surface area contributed by atoms with Gasteiger partial charge in [-0.15, -0.1) is 10.2 Å². The van der Waals surface area contributed by atoms with Gasteiger partial charge in [-0.1, -0.05) is 48.5 Å². The van der Waals surface area contributed by atoms with Gasteiger partial charge in [0.05, 0.1) is 38.3 Å². The Kier molecular flexibility index (Phi) is 11.8. The summed E-state index contributed by atoms with van der Waals surface area (Å²) in [7, 11) is 3.20. The fraction of sp³-hybridized carbons (Fsp3) is 0.360. The van der Waals surface area contributed by atoms with E-state index in [0.717, 1.165) is 84.3 Å². The van der Waals surface area contributed by atoms with Gasteiger partial charge in [-0.25, -0.2) is 48.0 Å². The van der Waals surface area contributed by atoms with Crippen molar-refractivity contribution in [2.24, 2.45) is 0 Å². The Labute approximate surface area is 382 Å². The summed E-state index contributed by atoms with van der Waals surface area (Å²) in [6, 6.07) is 23.2. The zero-order chi connectivity index (χ0) is 46.3. The van der Waals surface area contributed by atoms with Crippen molar-refractivity contribution >= 4 is 0 Å². The summed E-state index contributed by atoms with van der Waals surface area (Å²) < 4.78 is 47.9. The van der Waals surface area contributed by atoms with Crippen LogP contribution in [0.25, 0.3) is 34.4 Å². The second-order valence-electron chi connectivity index (χ2n) is 17.9. The van der Waals surface area contributed by atoms with Crippen LogP contribution in [0.2, 0.25) is 0 Å². The molecule has 0 saturated carbocycles. The van der Waals surface area contributed by atoms with Crippen LogP contribution in [-0.2, 0) is 24.4 Å². The molecule has 0 aliphatic carbocycles. The molecule has 2 atom stereocenters. The van der Waals surface area contributed by atoms with Gasteiger partial charge in [0, 0.05) is 37.3 Å². The molecule has 0 N–H and O–H groups in total. The topological polar surface area (TPSA) is 141 Å². The second-order valence-corrected chi connectivity index (χ2v) is 17.9. The number of imidazole rings is 2. The van der Waals surface area contributed by atoms with Gasteiger partial charge < -0.3 is 18.6 Å². The first-order chi connectivity index (χ1) is 31.7. The van der Waals surface area contributed by atoms with Crippen LogP contribution in [0.5, 0.6) is 11.8 Å². The first-order valence-corrected chi connectivity index (χ1v) is 22.3. The number of ether oxygens (including phenoxy) is 2. The molecule has 0 bridgehead atoms. The van der Waals surface area contributed by atoms with Gasteiger partial charge in [-0.2, -0.15) is 0 Å². The Morgan fingerprint density at radius 3 is 1.36 bits per heavy atom. The highest BCUT2D eigenvalue weighted by Crippen LogP contribution is 2.38. The van der Waals surface area contributed by atoms with Crippen LogP contribution in [0.4, 0.5) is 8.78 Å². The van der Waals surface area contributed by atoms with Crippen molar-refractivity contribution in [3.8, 4) is 46.2 Å².